The highest BCUT2D eigenvalue weighted by molar-refractivity contribution is 6.31. The number of amides is 1. The number of benzene rings is 3. The van der Waals surface area contributed by atoms with E-state index in [0.717, 1.165) is 16.9 Å². The van der Waals surface area contributed by atoms with Crippen molar-refractivity contribution in [1.29, 1.82) is 0 Å². The molecular formula is C22H19ClN2O3. The summed E-state index contributed by atoms with van der Waals surface area (Å²) in [5, 5.41) is 4.60. The molecule has 28 heavy (non-hydrogen) atoms. The van der Waals surface area contributed by atoms with E-state index in [1.165, 1.54) is 0 Å². The average Bonchev–Trinajstić information content (AvgIpc) is 2.73. The van der Waals surface area contributed by atoms with Gasteiger partial charge in [-0.15, -0.1) is 0 Å². The van der Waals surface area contributed by atoms with Crippen molar-refractivity contribution in [2.75, 3.05) is 6.61 Å². The third-order valence-corrected chi connectivity index (χ3v) is 4.12. The molecule has 0 aliphatic heterocycles. The van der Waals surface area contributed by atoms with Gasteiger partial charge >= 0.3 is 0 Å². The molecule has 3 aromatic carbocycles. The molecule has 6 heteroatoms. The smallest absolute Gasteiger partial charge is 0.277 e. The van der Waals surface area contributed by atoms with Crippen molar-refractivity contribution < 1.29 is 14.3 Å². The van der Waals surface area contributed by atoms with Gasteiger partial charge in [-0.2, -0.15) is 5.10 Å². The number of carbonyl (C=O) groups is 1. The van der Waals surface area contributed by atoms with Gasteiger partial charge in [0.1, 0.15) is 18.1 Å². The number of nitrogens with one attached hydrogen (secondary N) is 1. The molecule has 0 aromatic heterocycles. The Morgan fingerprint density at radius 3 is 2.32 bits per heavy atom. The van der Waals surface area contributed by atoms with E-state index in [0.29, 0.717) is 17.4 Å². The normalized spacial score (nSPS) is 10.6. The number of halogens is 1. The van der Waals surface area contributed by atoms with Crippen molar-refractivity contribution in [2.45, 2.75) is 6.61 Å². The van der Waals surface area contributed by atoms with E-state index in [1.54, 1.807) is 18.3 Å². The van der Waals surface area contributed by atoms with Crippen LogP contribution in [0.15, 0.2) is 84.0 Å². The standard InChI is InChI=1S/C22H19ClN2O3/c23-21-9-5-4-6-18(21)15-27-20-12-10-17(11-13-20)14-24-25-22(26)16-28-19-7-2-1-3-8-19/h1-14H,15-16H2,(H,25,26). The van der Waals surface area contributed by atoms with Gasteiger partial charge in [-0.05, 0) is 48.0 Å². The largest absolute Gasteiger partial charge is 0.489 e. The van der Waals surface area contributed by atoms with Crippen molar-refractivity contribution in [3.05, 3.63) is 95.0 Å². The molecule has 1 amide bonds. The lowest BCUT2D eigenvalue weighted by Crippen LogP contribution is -2.24. The van der Waals surface area contributed by atoms with Crippen molar-refractivity contribution in [1.82, 2.24) is 5.43 Å². The van der Waals surface area contributed by atoms with Crippen LogP contribution in [0.5, 0.6) is 11.5 Å². The van der Waals surface area contributed by atoms with Gasteiger partial charge in [-0.25, -0.2) is 5.43 Å². The van der Waals surface area contributed by atoms with Crippen LogP contribution in [0.2, 0.25) is 5.02 Å². The number of carbonyl (C=O) groups excluding carboxylic acids is 1. The summed E-state index contributed by atoms with van der Waals surface area (Å²) in [6, 6.07) is 24.0. The summed E-state index contributed by atoms with van der Waals surface area (Å²) >= 11 is 6.11. The second-order valence-electron chi connectivity index (χ2n) is 5.84. The number of rotatable bonds is 8. The summed E-state index contributed by atoms with van der Waals surface area (Å²) in [5.74, 6) is 1.02. The minimum atomic E-state index is -0.334. The molecule has 3 rings (SSSR count). The van der Waals surface area contributed by atoms with Crippen LogP contribution in [0, 0.1) is 0 Å². The molecule has 142 valence electrons. The van der Waals surface area contributed by atoms with Gasteiger partial charge in [0, 0.05) is 10.6 Å². The third kappa shape index (κ3) is 6.14. The molecular weight excluding hydrogens is 376 g/mol. The van der Waals surface area contributed by atoms with Crippen LogP contribution >= 0.6 is 11.6 Å². The van der Waals surface area contributed by atoms with E-state index in [1.807, 2.05) is 66.7 Å². The van der Waals surface area contributed by atoms with Crippen LogP contribution in [0.4, 0.5) is 0 Å². The SMILES string of the molecule is O=C(COc1ccccc1)NN=Cc1ccc(OCc2ccccc2Cl)cc1. The maximum Gasteiger partial charge on any atom is 0.277 e. The van der Waals surface area contributed by atoms with E-state index < -0.39 is 0 Å². The Balaban J connectivity index is 1.43. The molecule has 0 unspecified atom stereocenters. The number of hydrazone groups is 1. The Kier molecular flexibility index (Phi) is 7.04. The van der Waals surface area contributed by atoms with E-state index in [-0.39, 0.29) is 12.5 Å². The minimum Gasteiger partial charge on any atom is -0.489 e. The first kappa shape index (κ1) is 19.5. The van der Waals surface area contributed by atoms with Gasteiger partial charge in [0.2, 0.25) is 0 Å². The number of hydrogen-bond acceptors (Lipinski definition) is 4. The number of nitrogens with zero attached hydrogens (tertiary/aromatic N) is 1. The monoisotopic (exact) mass is 394 g/mol. The lowest BCUT2D eigenvalue weighted by Gasteiger charge is -2.07. The van der Waals surface area contributed by atoms with Crippen molar-refractivity contribution in [3.8, 4) is 11.5 Å². The Bertz CT molecular complexity index is 928. The third-order valence-electron chi connectivity index (χ3n) is 3.75. The molecule has 0 heterocycles. The quantitative estimate of drug-likeness (QED) is 0.453. The zero-order valence-corrected chi connectivity index (χ0v) is 15.8. The van der Waals surface area contributed by atoms with Crippen molar-refractivity contribution in [2.24, 2.45) is 5.10 Å². The lowest BCUT2D eigenvalue weighted by molar-refractivity contribution is -0.123. The Morgan fingerprint density at radius 1 is 0.893 bits per heavy atom. The van der Waals surface area contributed by atoms with Crippen molar-refractivity contribution >= 4 is 23.7 Å². The highest BCUT2D eigenvalue weighted by Crippen LogP contribution is 2.18. The second kappa shape index (κ2) is 10.1. The van der Waals surface area contributed by atoms with Gasteiger partial charge in [-0.1, -0.05) is 48.0 Å². The van der Waals surface area contributed by atoms with Crippen LogP contribution in [0.25, 0.3) is 0 Å². The van der Waals surface area contributed by atoms with Gasteiger partial charge in [-0.3, -0.25) is 4.79 Å². The summed E-state index contributed by atoms with van der Waals surface area (Å²) < 4.78 is 11.1. The molecule has 0 aliphatic carbocycles. The van der Waals surface area contributed by atoms with E-state index in [4.69, 9.17) is 21.1 Å². The fraction of sp³-hybridized carbons (Fsp3) is 0.0909. The molecule has 0 fully saturated rings. The van der Waals surface area contributed by atoms with Crippen LogP contribution in [0.3, 0.4) is 0 Å². The Morgan fingerprint density at radius 2 is 1.57 bits per heavy atom. The summed E-state index contributed by atoms with van der Waals surface area (Å²) in [6.45, 7) is 0.292. The highest BCUT2D eigenvalue weighted by Gasteiger charge is 2.02. The van der Waals surface area contributed by atoms with Gasteiger partial charge in [0.05, 0.1) is 6.21 Å². The zero-order chi connectivity index (χ0) is 19.6. The van der Waals surface area contributed by atoms with E-state index in [9.17, 15) is 4.79 Å². The number of hydrogen-bond donors (Lipinski definition) is 1. The number of para-hydroxylation sites is 1. The van der Waals surface area contributed by atoms with Gasteiger partial charge in [0.15, 0.2) is 6.61 Å². The zero-order valence-electron chi connectivity index (χ0n) is 15.0. The first-order chi connectivity index (χ1) is 13.7. The maximum absolute atomic E-state index is 11.7. The summed E-state index contributed by atoms with van der Waals surface area (Å²) in [6.07, 6.45) is 1.55. The molecule has 0 aliphatic rings. The predicted octanol–water partition coefficient (Wildman–Crippen LogP) is 4.45. The maximum atomic E-state index is 11.7. The Hall–Kier alpha value is -3.31. The van der Waals surface area contributed by atoms with Gasteiger partial charge in [0.25, 0.3) is 5.91 Å². The van der Waals surface area contributed by atoms with Crippen LogP contribution < -0.4 is 14.9 Å². The van der Waals surface area contributed by atoms with E-state index in [2.05, 4.69) is 10.5 Å². The Labute approximate surface area is 168 Å². The van der Waals surface area contributed by atoms with E-state index >= 15 is 0 Å². The van der Waals surface area contributed by atoms with Crippen molar-refractivity contribution in [3.63, 3.8) is 0 Å². The molecule has 0 saturated heterocycles. The fourth-order valence-electron chi connectivity index (χ4n) is 2.30. The summed E-state index contributed by atoms with van der Waals surface area (Å²) in [5.41, 5.74) is 4.18. The topological polar surface area (TPSA) is 59.9 Å². The molecule has 0 radical (unpaired) electrons. The molecule has 1 N–H and O–H groups in total. The predicted molar refractivity (Wildman–Crippen MR) is 110 cm³/mol. The molecule has 5 nitrogen and oxygen atoms in total. The summed E-state index contributed by atoms with van der Waals surface area (Å²) in [7, 11) is 0. The molecule has 3 aromatic rings. The first-order valence-electron chi connectivity index (χ1n) is 8.67. The molecule has 0 atom stereocenters. The van der Waals surface area contributed by atoms with Crippen LogP contribution in [-0.4, -0.2) is 18.7 Å². The molecule has 0 saturated carbocycles. The molecule has 0 spiro atoms. The minimum absolute atomic E-state index is 0.101. The van der Waals surface area contributed by atoms with Gasteiger partial charge < -0.3 is 9.47 Å². The molecule has 0 bridgehead atoms. The first-order valence-corrected chi connectivity index (χ1v) is 9.04. The second-order valence-corrected chi connectivity index (χ2v) is 6.25. The van der Waals surface area contributed by atoms with Crippen LogP contribution in [-0.2, 0) is 11.4 Å². The fourth-order valence-corrected chi connectivity index (χ4v) is 2.49. The average molecular weight is 395 g/mol. The lowest BCUT2D eigenvalue weighted by atomic mass is 10.2. The highest BCUT2D eigenvalue weighted by atomic mass is 35.5. The summed E-state index contributed by atoms with van der Waals surface area (Å²) in [4.78, 5) is 11.7. The number of ether oxygens (including phenoxy) is 2. The van der Waals surface area contributed by atoms with Crippen LogP contribution in [0.1, 0.15) is 11.1 Å².